The van der Waals surface area contributed by atoms with Crippen molar-refractivity contribution in [2.75, 3.05) is 0 Å². The van der Waals surface area contributed by atoms with E-state index < -0.39 is 0 Å². The molecule has 3 aromatic heterocycles. The van der Waals surface area contributed by atoms with Crippen molar-refractivity contribution in [3.05, 3.63) is 132 Å². The Kier molecular flexibility index (Phi) is 10.3. The molecule has 0 spiro atoms. The van der Waals surface area contributed by atoms with Crippen molar-refractivity contribution < 1.29 is 21.1 Å². The first-order chi connectivity index (χ1) is 24.2. The van der Waals surface area contributed by atoms with Gasteiger partial charge in [0.2, 0.25) is 0 Å². The maximum Gasteiger partial charge on any atom is 2.00 e. The molecule has 0 aliphatic carbocycles. The molecular formula is C48H49N3Pt. The summed E-state index contributed by atoms with van der Waals surface area (Å²) in [6.07, 6.45) is 3.91. The third-order valence-corrected chi connectivity index (χ3v) is 10.2. The van der Waals surface area contributed by atoms with Crippen LogP contribution in [0.5, 0.6) is 0 Å². The Hall–Kier alpha value is -4.33. The van der Waals surface area contributed by atoms with Crippen LogP contribution >= 0.6 is 0 Å². The molecule has 0 aliphatic rings. The van der Waals surface area contributed by atoms with Gasteiger partial charge in [-0.25, -0.2) is 0 Å². The second-order valence-corrected chi connectivity index (χ2v) is 16.7. The van der Waals surface area contributed by atoms with Crippen molar-refractivity contribution in [1.29, 1.82) is 0 Å². The molecule has 266 valence electrons. The van der Waals surface area contributed by atoms with Gasteiger partial charge < -0.3 is 4.98 Å². The molecule has 0 saturated heterocycles. The van der Waals surface area contributed by atoms with Gasteiger partial charge in [-0.1, -0.05) is 141 Å². The first-order valence-electron chi connectivity index (χ1n) is 18.3. The molecule has 52 heavy (non-hydrogen) atoms. The van der Waals surface area contributed by atoms with Crippen molar-refractivity contribution >= 4 is 21.8 Å². The normalized spacial score (nSPS) is 12.2. The molecule has 0 atom stereocenters. The molecular weight excluding hydrogens is 814 g/mol. The van der Waals surface area contributed by atoms with Crippen LogP contribution in [-0.2, 0) is 31.9 Å². The van der Waals surface area contributed by atoms with Crippen molar-refractivity contribution in [3.8, 4) is 44.8 Å². The van der Waals surface area contributed by atoms with Crippen molar-refractivity contribution in [3.63, 3.8) is 0 Å². The number of fused-ring (bicyclic) bond motifs is 3. The zero-order valence-corrected chi connectivity index (χ0v) is 34.4. The minimum Gasteiger partial charge on any atom is -0.662 e. The van der Waals surface area contributed by atoms with Crippen molar-refractivity contribution in [1.82, 2.24) is 15.0 Å². The molecule has 4 heteroatoms. The number of benzene rings is 4. The van der Waals surface area contributed by atoms with E-state index in [1.807, 2.05) is 18.5 Å². The zero-order valence-electron chi connectivity index (χ0n) is 32.1. The standard InChI is InChI=1S/C48H49N3.Pt/c1-29(2)36-17-14-18-37(30(3)4)44(36)33-20-21-42(50-28-33)32-16-13-15-31(23-32)38-24-34(47(5,6)7)25-39-40-26-35(48(8,9)10)27-41(46(40)51-45(38)39)43-19-11-12-22-49-43;/h11-22,24-30H,1-10H3;/q-2;+2. The molecule has 3 heterocycles. The van der Waals surface area contributed by atoms with E-state index in [0.717, 1.165) is 50.2 Å². The van der Waals surface area contributed by atoms with Gasteiger partial charge in [0, 0.05) is 18.1 Å². The zero-order chi connectivity index (χ0) is 36.2. The number of hydrogen-bond acceptors (Lipinski definition) is 2. The minimum atomic E-state index is -0.0614. The molecule has 0 amide bonds. The average Bonchev–Trinajstić information content (AvgIpc) is 3.49. The van der Waals surface area contributed by atoms with Gasteiger partial charge in [-0.15, -0.1) is 35.3 Å². The molecule has 0 saturated carbocycles. The number of aromatic nitrogens is 3. The Balaban J connectivity index is 0.00000464. The van der Waals surface area contributed by atoms with Crippen LogP contribution in [0.4, 0.5) is 0 Å². The molecule has 0 unspecified atom stereocenters. The summed E-state index contributed by atoms with van der Waals surface area (Å²) in [6.45, 7) is 22.7. The van der Waals surface area contributed by atoms with Crippen molar-refractivity contribution in [2.24, 2.45) is 0 Å². The fraction of sp³-hybridized carbons (Fsp3) is 0.292. The van der Waals surface area contributed by atoms with E-state index in [1.54, 1.807) is 0 Å². The molecule has 7 rings (SSSR count). The molecule has 0 N–H and O–H groups in total. The number of hydrogen-bond donors (Lipinski definition) is 0. The van der Waals surface area contributed by atoms with Crippen LogP contribution in [0.15, 0.2) is 103 Å². The van der Waals surface area contributed by atoms with Gasteiger partial charge in [-0.2, -0.15) is 5.52 Å². The van der Waals surface area contributed by atoms with Gasteiger partial charge in [0.1, 0.15) is 0 Å². The van der Waals surface area contributed by atoms with E-state index in [2.05, 4.69) is 160 Å². The first kappa shape index (κ1) is 37.4. The molecule has 7 aromatic rings. The fourth-order valence-electron chi connectivity index (χ4n) is 7.18. The van der Waals surface area contributed by atoms with Crippen molar-refractivity contribution in [2.45, 2.75) is 91.9 Å². The number of rotatable bonds is 6. The van der Waals surface area contributed by atoms with Gasteiger partial charge in [-0.05, 0) is 84.5 Å². The van der Waals surface area contributed by atoms with E-state index in [9.17, 15) is 0 Å². The second-order valence-electron chi connectivity index (χ2n) is 16.7. The maximum absolute atomic E-state index is 5.43. The Bertz CT molecular complexity index is 2340. The summed E-state index contributed by atoms with van der Waals surface area (Å²) in [4.78, 5) is 15.2. The van der Waals surface area contributed by atoms with E-state index in [0.29, 0.717) is 11.8 Å². The van der Waals surface area contributed by atoms with E-state index in [1.165, 1.54) is 38.6 Å². The smallest absolute Gasteiger partial charge is 0.662 e. The molecule has 4 aromatic carbocycles. The van der Waals surface area contributed by atoms with Gasteiger partial charge in [0.25, 0.3) is 0 Å². The molecule has 0 fully saturated rings. The van der Waals surface area contributed by atoms with Crippen LogP contribution in [0, 0.1) is 6.07 Å². The summed E-state index contributed by atoms with van der Waals surface area (Å²) in [5.41, 5.74) is 15.6. The average molecular weight is 863 g/mol. The van der Waals surface area contributed by atoms with Crippen LogP contribution < -0.4 is 4.98 Å². The van der Waals surface area contributed by atoms with Gasteiger partial charge in [0.05, 0.1) is 5.69 Å². The van der Waals surface area contributed by atoms with E-state index in [4.69, 9.17) is 15.0 Å². The maximum atomic E-state index is 5.43. The van der Waals surface area contributed by atoms with E-state index in [-0.39, 0.29) is 31.9 Å². The fourth-order valence-corrected chi connectivity index (χ4v) is 7.18. The summed E-state index contributed by atoms with van der Waals surface area (Å²) in [5.74, 6) is 0.844. The Morgan fingerprint density at radius 2 is 1.15 bits per heavy atom. The van der Waals surface area contributed by atoms with Crippen LogP contribution in [-0.4, -0.2) is 9.97 Å². The van der Waals surface area contributed by atoms with Crippen LogP contribution in [0.1, 0.15) is 103 Å². The Morgan fingerprint density at radius 1 is 0.577 bits per heavy atom. The SMILES string of the molecule is CC(C)c1cccc(C(C)C)c1-c1ccc(-c2[c-]c(-c3cc(C(C)(C)C)cc4c3[n-]c3c(-c5ccccn5)cc(C(C)(C)C)cc34)ccc2)nc1.[Pt+2]. The largest absolute Gasteiger partial charge is 2.00 e. The molecule has 3 nitrogen and oxygen atoms in total. The predicted octanol–water partition coefficient (Wildman–Crippen LogP) is 13.0. The Labute approximate surface area is 324 Å². The number of nitrogens with zero attached hydrogens (tertiary/aromatic N) is 3. The summed E-state index contributed by atoms with van der Waals surface area (Å²) in [7, 11) is 0. The van der Waals surface area contributed by atoms with Crippen LogP contribution in [0.3, 0.4) is 0 Å². The summed E-state index contributed by atoms with van der Waals surface area (Å²) >= 11 is 0. The summed E-state index contributed by atoms with van der Waals surface area (Å²) in [5, 5.41) is 2.34. The molecule has 0 radical (unpaired) electrons. The Morgan fingerprint density at radius 3 is 1.69 bits per heavy atom. The first-order valence-corrected chi connectivity index (χ1v) is 18.3. The summed E-state index contributed by atoms with van der Waals surface area (Å²) < 4.78 is 0. The molecule has 0 aliphatic heterocycles. The monoisotopic (exact) mass is 862 g/mol. The quantitative estimate of drug-likeness (QED) is 0.156. The predicted molar refractivity (Wildman–Crippen MR) is 217 cm³/mol. The molecule has 0 bridgehead atoms. The third kappa shape index (κ3) is 7.05. The van der Waals surface area contributed by atoms with Crippen LogP contribution in [0.25, 0.3) is 66.6 Å². The second kappa shape index (κ2) is 14.2. The third-order valence-electron chi connectivity index (χ3n) is 10.2. The van der Waals surface area contributed by atoms with Gasteiger partial charge >= 0.3 is 21.1 Å². The van der Waals surface area contributed by atoms with E-state index >= 15 is 0 Å². The number of pyridine rings is 2. The van der Waals surface area contributed by atoms with Gasteiger partial charge in [0.15, 0.2) is 0 Å². The summed E-state index contributed by atoms with van der Waals surface area (Å²) in [6, 6.07) is 36.7. The topological polar surface area (TPSA) is 39.9 Å². The van der Waals surface area contributed by atoms with Gasteiger partial charge in [-0.3, -0.25) is 9.97 Å². The van der Waals surface area contributed by atoms with Crippen LogP contribution in [0.2, 0.25) is 0 Å². The minimum absolute atomic E-state index is 0.